The van der Waals surface area contributed by atoms with Crippen LogP contribution in [0.25, 0.3) is 0 Å². The van der Waals surface area contributed by atoms with Gasteiger partial charge in [0.25, 0.3) is 0 Å². The van der Waals surface area contributed by atoms with E-state index in [1.54, 1.807) is 0 Å². The number of nitrogens with two attached hydrogens (primary N) is 1. The van der Waals surface area contributed by atoms with Gasteiger partial charge in [-0.25, -0.2) is 5.43 Å². The number of nitrogens with one attached hydrogen (secondary N) is 1. The van der Waals surface area contributed by atoms with Crippen LogP contribution in [0.4, 0.5) is 0 Å². The predicted octanol–water partition coefficient (Wildman–Crippen LogP) is 1.60. The maximum Gasteiger partial charge on any atom is 0.0478 e. The van der Waals surface area contributed by atoms with E-state index >= 15 is 0 Å². The Balaban J connectivity index is 2.80. The van der Waals surface area contributed by atoms with Crippen molar-refractivity contribution in [3.8, 4) is 0 Å². The van der Waals surface area contributed by atoms with Crippen LogP contribution >= 0.6 is 0 Å². The Labute approximate surface area is 94.4 Å². The molecule has 3 N–H and O–H groups in total. The molecule has 2 unspecified atom stereocenters. The van der Waals surface area contributed by atoms with Crippen molar-refractivity contribution >= 4 is 0 Å². The Morgan fingerprint density at radius 3 is 2.53 bits per heavy atom. The van der Waals surface area contributed by atoms with Gasteiger partial charge in [-0.15, -0.1) is 0 Å². The molecule has 15 heavy (non-hydrogen) atoms. The van der Waals surface area contributed by atoms with Crippen molar-refractivity contribution in [2.75, 3.05) is 20.6 Å². The molecule has 3 heteroatoms. The molecule has 1 rings (SSSR count). The van der Waals surface area contributed by atoms with Crippen molar-refractivity contribution in [1.29, 1.82) is 0 Å². The fourth-order valence-corrected chi connectivity index (χ4v) is 3.12. The first-order chi connectivity index (χ1) is 7.02. The molecular formula is C12H27N3. The molecule has 90 valence electrons. The lowest BCUT2D eigenvalue weighted by Crippen LogP contribution is -2.62. The van der Waals surface area contributed by atoms with Gasteiger partial charge in [0.1, 0.15) is 0 Å². The van der Waals surface area contributed by atoms with Gasteiger partial charge in [0.15, 0.2) is 0 Å². The molecular weight excluding hydrogens is 186 g/mol. The molecule has 0 heterocycles. The first kappa shape index (κ1) is 12.9. The van der Waals surface area contributed by atoms with E-state index < -0.39 is 0 Å². The molecule has 0 aliphatic heterocycles. The number of nitrogens with zero attached hydrogens (tertiary/aromatic N) is 1. The lowest BCUT2D eigenvalue weighted by atomic mass is 9.68. The van der Waals surface area contributed by atoms with E-state index in [9.17, 15) is 0 Å². The standard InChI is InChI=1S/C12H27N3/c1-10(2)11-7-5-6-8-12(11,9-13)14-15(3)4/h10-11,14H,5-9,13H2,1-4H3. The summed E-state index contributed by atoms with van der Waals surface area (Å²) in [5.41, 5.74) is 9.75. The molecule has 0 aromatic carbocycles. The Kier molecular flexibility index (Phi) is 4.56. The average molecular weight is 213 g/mol. The molecule has 1 fully saturated rings. The van der Waals surface area contributed by atoms with Crippen LogP contribution in [0.3, 0.4) is 0 Å². The fraction of sp³-hybridized carbons (Fsp3) is 1.00. The zero-order valence-corrected chi connectivity index (χ0v) is 10.7. The SMILES string of the molecule is CC(C)C1CCCCC1(CN)NN(C)C. The van der Waals surface area contributed by atoms with E-state index in [-0.39, 0.29) is 5.54 Å². The normalized spacial score (nSPS) is 32.6. The second-order valence-corrected chi connectivity index (χ2v) is 5.46. The zero-order valence-electron chi connectivity index (χ0n) is 10.7. The molecule has 0 bridgehead atoms. The van der Waals surface area contributed by atoms with Crippen LogP contribution in [0, 0.1) is 11.8 Å². The largest absolute Gasteiger partial charge is 0.329 e. The Hall–Kier alpha value is -0.120. The van der Waals surface area contributed by atoms with Gasteiger partial charge >= 0.3 is 0 Å². The molecule has 1 saturated carbocycles. The van der Waals surface area contributed by atoms with Crippen LogP contribution in [-0.2, 0) is 0 Å². The molecule has 0 amide bonds. The van der Waals surface area contributed by atoms with E-state index in [1.165, 1.54) is 25.7 Å². The van der Waals surface area contributed by atoms with Crippen molar-refractivity contribution < 1.29 is 0 Å². The van der Waals surface area contributed by atoms with Crippen molar-refractivity contribution in [2.45, 2.75) is 45.1 Å². The minimum Gasteiger partial charge on any atom is -0.329 e. The van der Waals surface area contributed by atoms with Crippen LogP contribution in [0.5, 0.6) is 0 Å². The third-order valence-electron chi connectivity index (χ3n) is 3.71. The van der Waals surface area contributed by atoms with Crippen molar-refractivity contribution in [2.24, 2.45) is 17.6 Å². The molecule has 0 saturated heterocycles. The van der Waals surface area contributed by atoms with E-state index in [0.717, 1.165) is 6.54 Å². The lowest BCUT2D eigenvalue weighted by Gasteiger charge is -2.47. The molecule has 0 aromatic heterocycles. The summed E-state index contributed by atoms with van der Waals surface area (Å²) in [6, 6.07) is 0. The smallest absolute Gasteiger partial charge is 0.0478 e. The minimum atomic E-state index is 0.135. The summed E-state index contributed by atoms with van der Waals surface area (Å²) in [6.07, 6.45) is 5.20. The summed E-state index contributed by atoms with van der Waals surface area (Å²) >= 11 is 0. The molecule has 0 spiro atoms. The Bertz CT molecular complexity index is 191. The molecule has 2 atom stereocenters. The summed E-state index contributed by atoms with van der Waals surface area (Å²) in [5.74, 6) is 1.42. The zero-order chi connectivity index (χ0) is 11.5. The first-order valence-corrected chi connectivity index (χ1v) is 6.17. The number of hydrogen-bond donors (Lipinski definition) is 2. The molecule has 0 aromatic rings. The average Bonchev–Trinajstić information content (AvgIpc) is 2.17. The van der Waals surface area contributed by atoms with Gasteiger partial charge in [0.2, 0.25) is 0 Å². The minimum absolute atomic E-state index is 0.135. The Morgan fingerprint density at radius 1 is 1.40 bits per heavy atom. The van der Waals surface area contributed by atoms with Crippen molar-refractivity contribution in [1.82, 2.24) is 10.4 Å². The summed E-state index contributed by atoms with van der Waals surface area (Å²) in [6.45, 7) is 5.38. The second-order valence-electron chi connectivity index (χ2n) is 5.46. The second kappa shape index (κ2) is 5.28. The highest BCUT2D eigenvalue weighted by atomic mass is 15.5. The third-order valence-corrected chi connectivity index (χ3v) is 3.71. The highest BCUT2D eigenvalue weighted by Crippen LogP contribution is 2.37. The van der Waals surface area contributed by atoms with Gasteiger partial charge in [0, 0.05) is 26.2 Å². The van der Waals surface area contributed by atoms with Gasteiger partial charge in [-0.3, -0.25) is 5.01 Å². The Morgan fingerprint density at radius 2 is 2.07 bits per heavy atom. The fourth-order valence-electron chi connectivity index (χ4n) is 3.12. The van der Waals surface area contributed by atoms with Gasteiger partial charge < -0.3 is 5.73 Å². The maximum atomic E-state index is 6.03. The van der Waals surface area contributed by atoms with Crippen molar-refractivity contribution in [3.05, 3.63) is 0 Å². The number of hydrazine groups is 1. The molecule has 1 aliphatic carbocycles. The monoisotopic (exact) mass is 213 g/mol. The van der Waals surface area contributed by atoms with E-state index in [4.69, 9.17) is 5.73 Å². The van der Waals surface area contributed by atoms with Gasteiger partial charge in [-0.1, -0.05) is 26.7 Å². The molecule has 0 radical (unpaired) electrons. The van der Waals surface area contributed by atoms with Gasteiger partial charge in [-0.2, -0.15) is 0 Å². The van der Waals surface area contributed by atoms with Crippen LogP contribution < -0.4 is 11.2 Å². The quantitative estimate of drug-likeness (QED) is 0.697. The third kappa shape index (κ3) is 2.92. The van der Waals surface area contributed by atoms with E-state index in [1.807, 2.05) is 0 Å². The van der Waals surface area contributed by atoms with E-state index in [2.05, 4.69) is 38.4 Å². The molecule has 3 nitrogen and oxygen atoms in total. The summed E-state index contributed by atoms with van der Waals surface area (Å²) in [7, 11) is 4.12. The summed E-state index contributed by atoms with van der Waals surface area (Å²) in [5, 5.41) is 2.06. The van der Waals surface area contributed by atoms with Gasteiger partial charge in [0.05, 0.1) is 0 Å². The summed E-state index contributed by atoms with van der Waals surface area (Å²) in [4.78, 5) is 0. The molecule has 1 aliphatic rings. The highest BCUT2D eigenvalue weighted by molar-refractivity contribution is 4.98. The van der Waals surface area contributed by atoms with Crippen molar-refractivity contribution in [3.63, 3.8) is 0 Å². The predicted molar refractivity (Wildman–Crippen MR) is 65.4 cm³/mol. The van der Waals surface area contributed by atoms with Crippen LogP contribution in [0.15, 0.2) is 0 Å². The van der Waals surface area contributed by atoms with Crippen LogP contribution in [-0.4, -0.2) is 31.2 Å². The van der Waals surface area contributed by atoms with E-state index in [0.29, 0.717) is 11.8 Å². The van der Waals surface area contributed by atoms with Crippen LogP contribution in [0.1, 0.15) is 39.5 Å². The first-order valence-electron chi connectivity index (χ1n) is 6.17. The number of hydrogen-bond acceptors (Lipinski definition) is 3. The summed E-state index contributed by atoms with van der Waals surface area (Å²) < 4.78 is 0. The topological polar surface area (TPSA) is 41.3 Å². The maximum absolute atomic E-state index is 6.03. The number of rotatable bonds is 4. The van der Waals surface area contributed by atoms with Gasteiger partial charge in [-0.05, 0) is 24.7 Å². The highest BCUT2D eigenvalue weighted by Gasteiger charge is 2.41. The van der Waals surface area contributed by atoms with Crippen LogP contribution in [0.2, 0.25) is 0 Å². The lowest BCUT2D eigenvalue weighted by molar-refractivity contribution is 0.0446.